The molecular formula is C23H28F5N5O2S. The number of rotatable bonds is 8. The van der Waals surface area contributed by atoms with Crippen molar-refractivity contribution in [3.63, 3.8) is 0 Å². The fourth-order valence-corrected chi connectivity index (χ4v) is 5.55. The number of hydrogen-bond donors (Lipinski definition) is 1. The smallest absolute Gasteiger partial charge is 0.372 e. The van der Waals surface area contributed by atoms with E-state index in [9.17, 15) is 26.7 Å². The molecule has 1 atom stereocenters. The molecule has 2 aliphatic rings. The van der Waals surface area contributed by atoms with E-state index in [1.165, 1.54) is 17.5 Å². The molecule has 0 radical (unpaired) electrons. The number of carbonyl (C=O) groups excluding carboxylic acids is 1. The van der Waals surface area contributed by atoms with Gasteiger partial charge in [-0.15, -0.1) is 0 Å². The monoisotopic (exact) mass is 533 g/mol. The van der Waals surface area contributed by atoms with Crippen molar-refractivity contribution in [3.05, 3.63) is 40.7 Å². The van der Waals surface area contributed by atoms with Gasteiger partial charge in [-0.3, -0.25) is 14.7 Å². The van der Waals surface area contributed by atoms with Gasteiger partial charge in [0.05, 0.1) is 31.2 Å². The van der Waals surface area contributed by atoms with Gasteiger partial charge in [-0.25, -0.2) is 13.8 Å². The van der Waals surface area contributed by atoms with E-state index in [0.29, 0.717) is 17.0 Å². The van der Waals surface area contributed by atoms with Gasteiger partial charge in [0.2, 0.25) is 0 Å². The normalized spacial score (nSPS) is 20.0. The van der Waals surface area contributed by atoms with Gasteiger partial charge in [-0.1, -0.05) is 11.3 Å². The maximum Gasteiger partial charge on any atom is 0.411 e. The lowest BCUT2D eigenvalue weighted by Crippen LogP contribution is -2.49. The Labute approximate surface area is 209 Å². The zero-order chi connectivity index (χ0) is 25.7. The summed E-state index contributed by atoms with van der Waals surface area (Å²) >= 11 is 1.24. The second kappa shape index (κ2) is 11.8. The third-order valence-corrected chi connectivity index (χ3v) is 7.50. The zero-order valence-electron chi connectivity index (χ0n) is 19.6. The molecule has 2 aromatic rings. The zero-order valence-corrected chi connectivity index (χ0v) is 20.4. The lowest BCUT2D eigenvalue weighted by Gasteiger charge is -2.42. The first-order valence-electron chi connectivity index (χ1n) is 11.9. The number of nitrogens with one attached hydrogen (secondary N) is 1. The van der Waals surface area contributed by atoms with Crippen molar-refractivity contribution >= 4 is 22.4 Å². The van der Waals surface area contributed by atoms with Crippen molar-refractivity contribution in [1.82, 2.24) is 20.2 Å². The SMILES string of the molecule is O=C(NCc1ncc(F)cc1F)c1cnc(N2CCC(N3CCC[C@@H](COCC(F)(F)F)C3)CC2)s1. The van der Waals surface area contributed by atoms with E-state index < -0.39 is 30.3 Å². The molecule has 2 aromatic heterocycles. The predicted molar refractivity (Wildman–Crippen MR) is 124 cm³/mol. The highest BCUT2D eigenvalue weighted by atomic mass is 32.1. The number of nitrogens with zero attached hydrogens (tertiary/aromatic N) is 4. The molecule has 0 aromatic carbocycles. The number of likely N-dealkylation sites (tertiary alicyclic amines) is 1. The molecule has 36 heavy (non-hydrogen) atoms. The van der Waals surface area contributed by atoms with Crippen molar-refractivity contribution in [2.75, 3.05) is 44.3 Å². The highest BCUT2D eigenvalue weighted by Gasteiger charge is 2.32. The average molecular weight is 534 g/mol. The van der Waals surface area contributed by atoms with Gasteiger partial charge < -0.3 is 15.0 Å². The molecule has 4 rings (SSSR count). The molecule has 198 valence electrons. The number of aromatic nitrogens is 2. The summed E-state index contributed by atoms with van der Waals surface area (Å²) in [6.07, 6.45) is 1.69. The van der Waals surface area contributed by atoms with E-state index in [4.69, 9.17) is 4.74 Å². The third-order valence-electron chi connectivity index (χ3n) is 6.44. The third kappa shape index (κ3) is 7.32. The molecule has 2 aliphatic heterocycles. The Balaban J connectivity index is 1.23. The maximum atomic E-state index is 13.7. The summed E-state index contributed by atoms with van der Waals surface area (Å²) in [5.41, 5.74) is -0.0524. The van der Waals surface area contributed by atoms with Crippen LogP contribution >= 0.6 is 11.3 Å². The molecule has 2 fully saturated rings. The number of pyridine rings is 1. The molecule has 0 aliphatic carbocycles. The van der Waals surface area contributed by atoms with Gasteiger partial charge in [0.25, 0.3) is 5.91 Å². The van der Waals surface area contributed by atoms with Crippen LogP contribution in [-0.4, -0.2) is 72.4 Å². The fourth-order valence-electron chi connectivity index (χ4n) is 4.67. The maximum absolute atomic E-state index is 13.7. The van der Waals surface area contributed by atoms with E-state index in [0.717, 1.165) is 63.2 Å². The van der Waals surface area contributed by atoms with Crippen LogP contribution in [0.1, 0.15) is 41.0 Å². The summed E-state index contributed by atoms with van der Waals surface area (Å²) < 4.78 is 68.6. The summed E-state index contributed by atoms with van der Waals surface area (Å²) in [6.45, 7) is 1.96. The molecule has 0 unspecified atom stereocenters. The van der Waals surface area contributed by atoms with Gasteiger partial charge >= 0.3 is 6.18 Å². The van der Waals surface area contributed by atoms with Gasteiger partial charge in [0, 0.05) is 31.7 Å². The van der Waals surface area contributed by atoms with Crippen LogP contribution in [-0.2, 0) is 11.3 Å². The number of piperidine rings is 2. The number of ether oxygens (including phenoxy) is 1. The Hall–Kier alpha value is -2.38. The summed E-state index contributed by atoms with van der Waals surface area (Å²) in [5.74, 6) is -1.91. The number of carbonyl (C=O) groups is 1. The largest absolute Gasteiger partial charge is 0.411 e. The number of anilines is 1. The van der Waals surface area contributed by atoms with Crippen LogP contribution in [0.3, 0.4) is 0 Å². The Kier molecular flexibility index (Phi) is 8.73. The Bertz CT molecular complexity index is 1030. The van der Waals surface area contributed by atoms with Gasteiger partial charge in [-0.05, 0) is 38.1 Å². The predicted octanol–water partition coefficient (Wildman–Crippen LogP) is 4.01. The molecule has 0 spiro atoms. The first kappa shape index (κ1) is 26.7. The highest BCUT2D eigenvalue weighted by molar-refractivity contribution is 7.17. The first-order chi connectivity index (χ1) is 17.2. The fraction of sp³-hybridized carbons (Fsp3) is 0.609. The highest BCUT2D eigenvalue weighted by Crippen LogP contribution is 2.29. The number of thiazole rings is 1. The van der Waals surface area contributed by atoms with E-state index >= 15 is 0 Å². The molecular weight excluding hydrogens is 505 g/mol. The minimum Gasteiger partial charge on any atom is -0.372 e. The van der Waals surface area contributed by atoms with Crippen molar-refractivity contribution < 1.29 is 31.5 Å². The standard InChI is InChI=1S/C23H28F5N5O2S/c24-16-8-18(25)19(29-9-16)10-30-21(34)20-11-31-22(36-20)32-6-3-17(4-7-32)33-5-1-2-15(12-33)13-35-14-23(26,27)28/h8-9,11,15,17H,1-7,10,12-14H2,(H,30,34)/t15-/m1/s1. The van der Waals surface area contributed by atoms with Crippen molar-refractivity contribution in [1.29, 1.82) is 0 Å². The lowest BCUT2D eigenvalue weighted by molar-refractivity contribution is -0.177. The molecule has 4 heterocycles. The Morgan fingerprint density at radius 2 is 1.92 bits per heavy atom. The van der Waals surface area contributed by atoms with Crippen LogP contribution in [0.5, 0.6) is 0 Å². The topological polar surface area (TPSA) is 70.6 Å². The first-order valence-corrected chi connectivity index (χ1v) is 12.7. The van der Waals surface area contributed by atoms with Crippen LogP contribution in [0.4, 0.5) is 27.1 Å². The second-order valence-corrected chi connectivity index (χ2v) is 10.1. The summed E-state index contributed by atoms with van der Waals surface area (Å²) in [6, 6.07) is 1.07. The average Bonchev–Trinajstić information content (AvgIpc) is 3.33. The molecule has 7 nitrogen and oxygen atoms in total. The summed E-state index contributed by atoms with van der Waals surface area (Å²) in [5, 5.41) is 3.30. The lowest BCUT2D eigenvalue weighted by atomic mass is 9.94. The molecule has 2 saturated heterocycles. The van der Waals surface area contributed by atoms with Gasteiger partial charge in [0.15, 0.2) is 5.13 Å². The summed E-state index contributed by atoms with van der Waals surface area (Å²) in [4.78, 5) is 25.3. The Morgan fingerprint density at radius 1 is 1.14 bits per heavy atom. The van der Waals surface area contributed by atoms with Crippen LogP contribution in [0.25, 0.3) is 0 Å². The number of halogens is 5. The number of hydrogen-bond acceptors (Lipinski definition) is 7. The summed E-state index contributed by atoms with van der Waals surface area (Å²) in [7, 11) is 0. The van der Waals surface area contributed by atoms with Gasteiger partial charge in [-0.2, -0.15) is 13.2 Å². The van der Waals surface area contributed by atoms with E-state index in [1.807, 2.05) is 0 Å². The van der Waals surface area contributed by atoms with Crippen molar-refractivity contribution in [2.24, 2.45) is 5.92 Å². The quantitative estimate of drug-likeness (QED) is 0.518. The Morgan fingerprint density at radius 3 is 2.64 bits per heavy atom. The van der Waals surface area contributed by atoms with E-state index in [-0.39, 0.29) is 24.8 Å². The van der Waals surface area contributed by atoms with Crippen LogP contribution in [0.15, 0.2) is 18.5 Å². The van der Waals surface area contributed by atoms with Crippen molar-refractivity contribution in [2.45, 2.75) is 44.4 Å². The van der Waals surface area contributed by atoms with E-state index in [1.54, 1.807) is 0 Å². The van der Waals surface area contributed by atoms with Gasteiger partial charge in [0.1, 0.15) is 23.1 Å². The molecule has 1 N–H and O–H groups in total. The van der Waals surface area contributed by atoms with Crippen LogP contribution in [0, 0.1) is 17.6 Å². The number of amides is 1. The molecule has 1 amide bonds. The molecule has 0 bridgehead atoms. The minimum absolute atomic E-state index is 0.0524. The molecule has 13 heteroatoms. The van der Waals surface area contributed by atoms with Crippen LogP contribution < -0.4 is 10.2 Å². The minimum atomic E-state index is -4.30. The second-order valence-electron chi connectivity index (χ2n) is 9.12. The van der Waals surface area contributed by atoms with Crippen LogP contribution in [0.2, 0.25) is 0 Å². The number of alkyl halides is 3. The van der Waals surface area contributed by atoms with Crippen molar-refractivity contribution in [3.8, 4) is 0 Å². The van der Waals surface area contributed by atoms with E-state index in [2.05, 4.69) is 25.1 Å². The molecule has 0 saturated carbocycles.